The quantitative estimate of drug-likeness (QED) is 0.862. The first kappa shape index (κ1) is 17.0. The van der Waals surface area contributed by atoms with Gasteiger partial charge in [-0.1, -0.05) is 43.2 Å². The number of carbonyl (C=O) groups is 2. The molecule has 0 saturated heterocycles. The van der Waals surface area contributed by atoms with Gasteiger partial charge in [0, 0.05) is 5.92 Å². The van der Waals surface area contributed by atoms with E-state index in [1.54, 1.807) is 0 Å². The number of hydrogen-bond donors (Lipinski definition) is 2. The molecule has 0 heterocycles. The molecule has 24 heavy (non-hydrogen) atoms. The number of hydrogen-bond acceptors (Lipinski definition) is 2. The van der Waals surface area contributed by atoms with Crippen LogP contribution < -0.4 is 5.32 Å². The Morgan fingerprint density at radius 1 is 1.04 bits per heavy atom. The fraction of sp³-hybridized carbons (Fsp3) is 0.600. The molecule has 1 aromatic carbocycles. The molecule has 1 aromatic rings. The molecular formula is C20H27NO3. The fourth-order valence-corrected chi connectivity index (χ4v) is 4.46. The molecule has 0 radical (unpaired) electrons. The second-order valence-electron chi connectivity index (χ2n) is 7.51. The van der Waals surface area contributed by atoms with Crippen molar-refractivity contribution in [2.75, 3.05) is 0 Å². The van der Waals surface area contributed by atoms with Crippen molar-refractivity contribution in [1.82, 2.24) is 5.32 Å². The molecule has 0 aliphatic heterocycles. The highest BCUT2D eigenvalue weighted by molar-refractivity contribution is 5.80. The number of carboxylic acid groups (broad SMARTS) is 1. The van der Waals surface area contributed by atoms with Crippen LogP contribution in [0.5, 0.6) is 0 Å². The maximum absolute atomic E-state index is 12.7. The summed E-state index contributed by atoms with van der Waals surface area (Å²) in [6, 6.07) is 10.5. The molecule has 0 bridgehead atoms. The summed E-state index contributed by atoms with van der Waals surface area (Å²) in [4.78, 5) is 23.8. The van der Waals surface area contributed by atoms with E-state index < -0.39 is 11.5 Å². The number of rotatable bonds is 5. The minimum Gasteiger partial charge on any atom is -0.481 e. The summed E-state index contributed by atoms with van der Waals surface area (Å²) in [5.41, 5.74) is 0.869. The molecule has 2 fully saturated rings. The Kier molecular flexibility index (Phi) is 5.22. The number of carbonyl (C=O) groups excluding carboxylic acids is 1. The third kappa shape index (κ3) is 3.97. The van der Waals surface area contributed by atoms with Crippen LogP contribution in [0.15, 0.2) is 30.3 Å². The van der Waals surface area contributed by atoms with Gasteiger partial charge >= 0.3 is 5.97 Å². The molecule has 0 atom stereocenters. The normalized spacial score (nSPS) is 26.0. The molecule has 1 amide bonds. The zero-order valence-corrected chi connectivity index (χ0v) is 14.2. The molecule has 4 heteroatoms. The molecule has 0 unspecified atom stereocenters. The van der Waals surface area contributed by atoms with Crippen molar-refractivity contribution in [2.45, 2.75) is 69.2 Å². The number of benzene rings is 1. The van der Waals surface area contributed by atoms with Crippen LogP contribution in [0.4, 0.5) is 0 Å². The largest absolute Gasteiger partial charge is 0.481 e. The van der Waals surface area contributed by atoms with Crippen LogP contribution in [0.1, 0.15) is 69.3 Å². The van der Waals surface area contributed by atoms with Crippen molar-refractivity contribution in [1.29, 1.82) is 0 Å². The molecule has 2 aliphatic carbocycles. The van der Waals surface area contributed by atoms with Crippen LogP contribution in [0.2, 0.25) is 0 Å². The second kappa shape index (κ2) is 7.37. The first-order valence-corrected chi connectivity index (χ1v) is 9.17. The van der Waals surface area contributed by atoms with Gasteiger partial charge in [-0.15, -0.1) is 0 Å². The van der Waals surface area contributed by atoms with E-state index in [0.717, 1.165) is 51.4 Å². The number of nitrogens with one attached hydrogen (secondary N) is 1. The van der Waals surface area contributed by atoms with E-state index in [1.807, 2.05) is 6.07 Å². The minimum atomic E-state index is -0.815. The topological polar surface area (TPSA) is 66.4 Å². The highest BCUT2D eigenvalue weighted by Crippen LogP contribution is 2.37. The van der Waals surface area contributed by atoms with Gasteiger partial charge in [-0.05, 0) is 50.0 Å². The lowest BCUT2D eigenvalue weighted by molar-refractivity contribution is -0.139. The van der Waals surface area contributed by atoms with Gasteiger partial charge in [-0.25, -0.2) is 0 Å². The first-order valence-electron chi connectivity index (χ1n) is 9.17. The summed E-state index contributed by atoms with van der Waals surface area (Å²) in [5, 5.41) is 12.3. The van der Waals surface area contributed by atoms with Crippen LogP contribution in [0.25, 0.3) is 0 Å². The average molecular weight is 329 g/mol. The van der Waals surface area contributed by atoms with Gasteiger partial charge in [0.25, 0.3) is 0 Å². The van der Waals surface area contributed by atoms with Gasteiger partial charge in [-0.3, -0.25) is 9.59 Å². The van der Waals surface area contributed by atoms with Crippen molar-refractivity contribution in [3.63, 3.8) is 0 Å². The fourth-order valence-electron chi connectivity index (χ4n) is 4.46. The van der Waals surface area contributed by atoms with Crippen molar-refractivity contribution in [3.8, 4) is 0 Å². The van der Waals surface area contributed by atoms with E-state index in [4.69, 9.17) is 0 Å². The van der Waals surface area contributed by atoms with Crippen LogP contribution in [0, 0.1) is 5.92 Å². The molecule has 130 valence electrons. The lowest BCUT2D eigenvalue weighted by Crippen LogP contribution is -2.50. The van der Waals surface area contributed by atoms with E-state index in [-0.39, 0.29) is 18.2 Å². The highest BCUT2D eigenvalue weighted by Gasteiger charge is 2.39. The predicted octanol–water partition coefficient (Wildman–Crippen LogP) is 3.86. The van der Waals surface area contributed by atoms with Crippen molar-refractivity contribution < 1.29 is 14.7 Å². The molecule has 2 aliphatic rings. The Balaban J connectivity index is 1.56. The maximum atomic E-state index is 12.7. The highest BCUT2D eigenvalue weighted by atomic mass is 16.4. The smallest absolute Gasteiger partial charge is 0.305 e. The van der Waals surface area contributed by atoms with E-state index in [0.29, 0.717) is 5.92 Å². The first-order chi connectivity index (χ1) is 11.6. The van der Waals surface area contributed by atoms with Crippen LogP contribution in [-0.2, 0) is 9.59 Å². The van der Waals surface area contributed by atoms with Crippen LogP contribution >= 0.6 is 0 Å². The molecular weight excluding hydrogens is 302 g/mol. The van der Waals surface area contributed by atoms with Gasteiger partial charge in [0.2, 0.25) is 5.91 Å². The SMILES string of the molecule is O=C(O)CC1(NC(=O)C2CCC(c3ccccc3)CC2)CCCC1. The third-order valence-electron chi connectivity index (χ3n) is 5.81. The van der Waals surface area contributed by atoms with E-state index >= 15 is 0 Å². The minimum absolute atomic E-state index is 0.0382. The van der Waals surface area contributed by atoms with Gasteiger partial charge in [0.05, 0.1) is 12.0 Å². The van der Waals surface area contributed by atoms with E-state index in [9.17, 15) is 14.7 Å². The van der Waals surface area contributed by atoms with E-state index in [2.05, 4.69) is 29.6 Å². The molecule has 2 saturated carbocycles. The Hall–Kier alpha value is -1.84. The van der Waals surface area contributed by atoms with Crippen molar-refractivity contribution >= 4 is 11.9 Å². The summed E-state index contributed by atoms with van der Waals surface area (Å²) in [6.07, 6.45) is 7.53. The Bertz CT molecular complexity index is 570. The summed E-state index contributed by atoms with van der Waals surface area (Å²) in [7, 11) is 0. The zero-order valence-electron chi connectivity index (χ0n) is 14.2. The van der Waals surface area contributed by atoms with Crippen LogP contribution in [0.3, 0.4) is 0 Å². The lowest BCUT2D eigenvalue weighted by Gasteiger charge is -2.33. The number of carboxylic acids is 1. The van der Waals surface area contributed by atoms with Gasteiger partial charge in [-0.2, -0.15) is 0 Å². The number of aliphatic carboxylic acids is 1. The van der Waals surface area contributed by atoms with Crippen molar-refractivity contribution in [3.05, 3.63) is 35.9 Å². The monoisotopic (exact) mass is 329 g/mol. The molecule has 2 N–H and O–H groups in total. The predicted molar refractivity (Wildman–Crippen MR) is 92.7 cm³/mol. The third-order valence-corrected chi connectivity index (χ3v) is 5.81. The van der Waals surface area contributed by atoms with Gasteiger partial charge in [0.15, 0.2) is 0 Å². The average Bonchev–Trinajstić information content (AvgIpc) is 3.03. The standard InChI is InChI=1S/C20H27NO3/c22-18(23)14-20(12-4-5-13-20)21-19(24)17-10-8-16(9-11-17)15-6-2-1-3-7-15/h1-3,6-7,16-17H,4-5,8-14H2,(H,21,24)(H,22,23). The summed E-state index contributed by atoms with van der Waals surface area (Å²) >= 11 is 0. The number of amides is 1. The maximum Gasteiger partial charge on any atom is 0.305 e. The van der Waals surface area contributed by atoms with Crippen molar-refractivity contribution in [2.24, 2.45) is 5.92 Å². The summed E-state index contributed by atoms with van der Waals surface area (Å²) < 4.78 is 0. The Morgan fingerprint density at radius 3 is 2.25 bits per heavy atom. The molecule has 0 spiro atoms. The lowest BCUT2D eigenvalue weighted by atomic mass is 9.78. The van der Waals surface area contributed by atoms with Gasteiger partial charge < -0.3 is 10.4 Å². The Morgan fingerprint density at radius 2 is 1.67 bits per heavy atom. The molecule has 0 aromatic heterocycles. The summed E-state index contributed by atoms with van der Waals surface area (Å²) in [5.74, 6) is -0.152. The Labute approximate surface area is 143 Å². The van der Waals surface area contributed by atoms with Gasteiger partial charge in [0.1, 0.15) is 0 Å². The zero-order chi connectivity index (χ0) is 17.0. The van der Waals surface area contributed by atoms with Crippen LogP contribution in [-0.4, -0.2) is 22.5 Å². The molecule has 3 rings (SSSR count). The molecule has 4 nitrogen and oxygen atoms in total. The van der Waals surface area contributed by atoms with E-state index in [1.165, 1.54) is 5.56 Å². The summed E-state index contributed by atoms with van der Waals surface area (Å²) in [6.45, 7) is 0. The second-order valence-corrected chi connectivity index (χ2v) is 7.51.